The number of anilines is 1. The number of nitrogens with one attached hydrogen (secondary N) is 1. The predicted octanol–water partition coefficient (Wildman–Crippen LogP) is 7.59. The molecule has 1 heterocycles. The van der Waals surface area contributed by atoms with Crippen molar-refractivity contribution < 1.29 is 4.79 Å². The number of amides is 1. The first kappa shape index (κ1) is 24.0. The van der Waals surface area contributed by atoms with Crippen molar-refractivity contribution in [2.75, 3.05) is 11.1 Å². The van der Waals surface area contributed by atoms with E-state index in [2.05, 4.69) is 9.88 Å². The van der Waals surface area contributed by atoms with Gasteiger partial charge in [-0.1, -0.05) is 47.5 Å². The summed E-state index contributed by atoms with van der Waals surface area (Å²) >= 11 is 13.9. The number of aryl methyl sites for hydroxylation is 1. The van der Waals surface area contributed by atoms with Crippen molar-refractivity contribution in [1.82, 2.24) is 4.57 Å². The van der Waals surface area contributed by atoms with E-state index in [-0.39, 0.29) is 5.57 Å². The van der Waals surface area contributed by atoms with Crippen molar-refractivity contribution in [2.45, 2.75) is 18.4 Å². The molecule has 34 heavy (non-hydrogen) atoms. The highest BCUT2D eigenvalue weighted by Crippen LogP contribution is 2.27. The summed E-state index contributed by atoms with van der Waals surface area (Å²) in [6, 6.07) is 23.1. The number of rotatable bonds is 7. The first-order chi connectivity index (χ1) is 16.5. The van der Waals surface area contributed by atoms with Crippen LogP contribution in [0.5, 0.6) is 0 Å². The lowest BCUT2D eigenvalue weighted by Crippen LogP contribution is -2.14. The Balaban J connectivity index is 1.56. The fourth-order valence-corrected chi connectivity index (χ4v) is 4.76. The highest BCUT2D eigenvalue weighted by atomic mass is 35.5. The number of halogens is 2. The lowest BCUT2D eigenvalue weighted by molar-refractivity contribution is -0.112. The monoisotopic (exact) mass is 505 g/mol. The van der Waals surface area contributed by atoms with Crippen LogP contribution in [0, 0.1) is 18.3 Å². The van der Waals surface area contributed by atoms with Gasteiger partial charge in [0.15, 0.2) is 0 Å². The Labute approximate surface area is 212 Å². The van der Waals surface area contributed by atoms with Crippen LogP contribution in [0.1, 0.15) is 11.1 Å². The number of hydrogen-bond acceptors (Lipinski definition) is 3. The normalized spacial score (nSPS) is 11.4. The molecule has 0 bridgehead atoms. The third-order valence-electron chi connectivity index (χ3n) is 5.41. The van der Waals surface area contributed by atoms with Gasteiger partial charge in [-0.2, -0.15) is 5.26 Å². The summed E-state index contributed by atoms with van der Waals surface area (Å²) in [6.07, 6.45) is 3.63. The minimum Gasteiger partial charge on any atom is -0.346 e. The third-order valence-corrected chi connectivity index (χ3v) is 7.07. The Morgan fingerprint density at radius 3 is 2.62 bits per heavy atom. The van der Waals surface area contributed by atoms with Gasteiger partial charge in [-0.15, -0.1) is 11.8 Å². The maximum atomic E-state index is 12.8. The number of para-hydroxylation sites is 1. The Kier molecular flexibility index (Phi) is 7.64. The Hall–Kier alpha value is -3.17. The van der Waals surface area contributed by atoms with Gasteiger partial charge in [-0.05, 0) is 61.0 Å². The van der Waals surface area contributed by atoms with Crippen molar-refractivity contribution >= 4 is 63.5 Å². The minimum absolute atomic E-state index is 0.0258. The molecule has 0 radical (unpaired) electrons. The zero-order chi connectivity index (χ0) is 24.1. The highest BCUT2D eigenvalue weighted by Gasteiger charge is 2.14. The Bertz CT molecular complexity index is 1420. The number of benzene rings is 3. The van der Waals surface area contributed by atoms with E-state index in [0.29, 0.717) is 10.7 Å². The van der Waals surface area contributed by atoms with Crippen molar-refractivity contribution in [3.05, 3.63) is 99.7 Å². The molecule has 4 rings (SSSR count). The molecule has 0 atom stereocenters. The van der Waals surface area contributed by atoms with Crippen LogP contribution in [0.2, 0.25) is 10.0 Å². The Morgan fingerprint density at radius 1 is 1.09 bits per heavy atom. The van der Waals surface area contributed by atoms with Crippen molar-refractivity contribution in [3.8, 4) is 6.07 Å². The predicted molar refractivity (Wildman–Crippen MR) is 143 cm³/mol. The number of aromatic nitrogens is 1. The summed E-state index contributed by atoms with van der Waals surface area (Å²) < 4.78 is 2.15. The molecular weight excluding hydrogens is 485 g/mol. The largest absolute Gasteiger partial charge is 0.346 e. The summed E-state index contributed by atoms with van der Waals surface area (Å²) in [5.41, 5.74) is 3.23. The van der Waals surface area contributed by atoms with E-state index in [1.807, 2.05) is 67.7 Å². The molecule has 0 fully saturated rings. The fourth-order valence-electron chi connectivity index (χ4n) is 3.60. The minimum atomic E-state index is -0.469. The number of nitrogens with zero attached hydrogens (tertiary/aromatic N) is 2. The van der Waals surface area contributed by atoms with E-state index in [9.17, 15) is 10.1 Å². The third kappa shape index (κ3) is 5.48. The van der Waals surface area contributed by atoms with Gasteiger partial charge in [-0.25, -0.2) is 0 Å². The molecule has 170 valence electrons. The van der Waals surface area contributed by atoms with E-state index >= 15 is 0 Å². The van der Waals surface area contributed by atoms with Gasteiger partial charge in [-0.3, -0.25) is 4.79 Å². The quantitative estimate of drug-likeness (QED) is 0.160. The molecule has 0 aliphatic rings. The van der Waals surface area contributed by atoms with E-state index in [1.165, 1.54) is 0 Å². The van der Waals surface area contributed by atoms with Crippen LogP contribution in [-0.2, 0) is 11.3 Å². The summed E-state index contributed by atoms with van der Waals surface area (Å²) in [4.78, 5) is 14.0. The topological polar surface area (TPSA) is 57.8 Å². The molecule has 0 aliphatic heterocycles. The maximum Gasteiger partial charge on any atom is 0.266 e. The van der Waals surface area contributed by atoms with Gasteiger partial charge in [0.1, 0.15) is 11.6 Å². The van der Waals surface area contributed by atoms with Gasteiger partial charge in [0.2, 0.25) is 0 Å². The van der Waals surface area contributed by atoms with E-state index < -0.39 is 5.91 Å². The van der Waals surface area contributed by atoms with Crippen molar-refractivity contribution in [3.63, 3.8) is 0 Å². The molecule has 7 heteroatoms. The second-order valence-electron chi connectivity index (χ2n) is 7.63. The molecule has 0 saturated heterocycles. The van der Waals surface area contributed by atoms with Crippen LogP contribution in [0.15, 0.2) is 83.4 Å². The second-order valence-corrected chi connectivity index (χ2v) is 9.65. The van der Waals surface area contributed by atoms with Gasteiger partial charge < -0.3 is 9.88 Å². The molecule has 1 N–H and O–H groups in total. The molecule has 0 saturated carbocycles. The van der Waals surface area contributed by atoms with Crippen LogP contribution in [0.4, 0.5) is 5.69 Å². The molecule has 4 nitrogen and oxygen atoms in total. The fraction of sp³-hybridized carbons (Fsp3) is 0.111. The lowest BCUT2D eigenvalue weighted by Gasteiger charge is -2.08. The smallest absolute Gasteiger partial charge is 0.266 e. The molecule has 4 aromatic rings. The van der Waals surface area contributed by atoms with Gasteiger partial charge in [0.25, 0.3) is 5.91 Å². The van der Waals surface area contributed by atoms with Crippen LogP contribution < -0.4 is 5.32 Å². The van der Waals surface area contributed by atoms with E-state index in [0.717, 1.165) is 44.2 Å². The average Bonchev–Trinajstić information content (AvgIpc) is 3.19. The van der Waals surface area contributed by atoms with Gasteiger partial charge in [0.05, 0.1) is 0 Å². The standard InChI is InChI=1S/C27H21Cl2N3OS/c1-18-24(29)6-4-7-25(18)31-27(33)19(16-30)15-20-17-32(26-8-3-2-5-23(20)26)13-14-34-22-11-9-21(28)10-12-22/h2-12,15,17H,13-14H2,1H3,(H,31,33)/b19-15-. The zero-order valence-electron chi connectivity index (χ0n) is 18.4. The van der Waals surface area contributed by atoms with E-state index in [4.69, 9.17) is 23.2 Å². The number of nitriles is 1. The first-order valence-electron chi connectivity index (χ1n) is 10.6. The van der Waals surface area contributed by atoms with Crippen molar-refractivity contribution in [2.24, 2.45) is 0 Å². The molecule has 0 unspecified atom stereocenters. The summed E-state index contributed by atoms with van der Waals surface area (Å²) in [5.74, 6) is 0.395. The van der Waals surface area contributed by atoms with Crippen molar-refractivity contribution in [1.29, 1.82) is 5.26 Å². The van der Waals surface area contributed by atoms with Crippen LogP contribution in [0.25, 0.3) is 17.0 Å². The van der Waals surface area contributed by atoms with Crippen LogP contribution >= 0.6 is 35.0 Å². The summed E-state index contributed by atoms with van der Waals surface area (Å²) in [5, 5.41) is 14.8. The molecule has 1 amide bonds. The Morgan fingerprint density at radius 2 is 1.85 bits per heavy atom. The number of thioether (sulfide) groups is 1. The number of carbonyl (C=O) groups excluding carboxylic acids is 1. The maximum absolute atomic E-state index is 12.8. The highest BCUT2D eigenvalue weighted by molar-refractivity contribution is 7.99. The number of fused-ring (bicyclic) bond motifs is 1. The first-order valence-corrected chi connectivity index (χ1v) is 12.3. The molecular formula is C27H21Cl2N3OS. The average molecular weight is 506 g/mol. The lowest BCUT2D eigenvalue weighted by atomic mass is 10.1. The van der Waals surface area contributed by atoms with Crippen LogP contribution in [0.3, 0.4) is 0 Å². The number of carbonyl (C=O) groups is 1. The van der Waals surface area contributed by atoms with E-state index in [1.54, 1.807) is 36.0 Å². The molecule has 1 aromatic heterocycles. The molecule has 3 aromatic carbocycles. The SMILES string of the molecule is Cc1c(Cl)cccc1NC(=O)/C(C#N)=C\c1cn(CCSc2ccc(Cl)cc2)c2ccccc12. The number of hydrogen-bond donors (Lipinski definition) is 1. The summed E-state index contributed by atoms with van der Waals surface area (Å²) in [7, 11) is 0. The van der Waals surface area contributed by atoms with Gasteiger partial charge >= 0.3 is 0 Å². The molecule has 0 aliphatic carbocycles. The molecule has 0 spiro atoms. The van der Waals surface area contributed by atoms with Gasteiger partial charge in [0, 0.05) is 55.6 Å². The second kappa shape index (κ2) is 10.8. The van der Waals surface area contributed by atoms with Crippen LogP contribution in [-0.4, -0.2) is 16.2 Å². The summed E-state index contributed by atoms with van der Waals surface area (Å²) in [6.45, 7) is 2.60. The zero-order valence-corrected chi connectivity index (χ0v) is 20.7.